The van der Waals surface area contributed by atoms with E-state index in [1.807, 2.05) is 20.8 Å². The number of carbonyl (C=O) groups excluding carboxylic acids is 1. The molecule has 3 rings (SSSR count). The highest BCUT2D eigenvalue weighted by Crippen LogP contribution is 2.26. The smallest absolute Gasteiger partial charge is 0.230 e. The number of aryl methyl sites for hydroxylation is 1. The molecule has 1 saturated heterocycles. The number of likely N-dealkylation sites (tertiary alicyclic amines) is 1. The zero-order valence-electron chi connectivity index (χ0n) is 19.0. The van der Waals surface area contributed by atoms with Gasteiger partial charge in [-0.3, -0.25) is 9.69 Å². The molecule has 1 aliphatic heterocycles. The third kappa shape index (κ3) is 6.32. The molecule has 0 spiro atoms. The Hall–Kier alpha value is -2.36. The van der Waals surface area contributed by atoms with E-state index < -0.39 is 0 Å². The summed E-state index contributed by atoms with van der Waals surface area (Å²) in [4.78, 5) is 19.4. The fourth-order valence-corrected chi connectivity index (χ4v) is 4.90. The standard InChI is InChI=1S/C25H32N4OS/c1-17-6-5-11-29(14-17)15-22-9-7-21(8-10-22)13-27-24(30)16-31-25-23(12-26)19(3)18(2)20(4)28-25/h7-10,17H,5-6,11,13-16H2,1-4H3,(H,27,30). The minimum Gasteiger partial charge on any atom is -0.351 e. The molecule has 2 heterocycles. The summed E-state index contributed by atoms with van der Waals surface area (Å²) in [6.07, 6.45) is 2.63. The fourth-order valence-electron chi connectivity index (χ4n) is 3.98. The Kier molecular flexibility index (Phi) is 8.11. The van der Waals surface area contributed by atoms with Gasteiger partial charge in [-0.1, -0.05) is 43.0 Å². The summed E-state index contributed by atoms with van der Waals surface area (Å²) in [5.41, 5.74) is 5.85. The Morgan fingerprint density at radius 2 is 1.94 bits per heavy atom. The molecule has 1 aliphatic rings. The maximum absolute atomic E-state index is 12.3. The minimum atomic E-state index is -0.0575. The molecule has 1 fully saturated rings. The second-order valence-corrected chi connectivity index (χ2v) is 9.57. The van der Waals surface area contributed by atoms with E-state index in [-0.39, 0.29) is 11.7 Å². The minimum absolute atomic E-state index is 0.0575. The molecule has 1 aromatic carbocycles. The van der Waals surface area contributed by atoms with Gasteiger partial charge in [-0.2, -0.15) is 5.26 Å². The average Bonchev–Trinajstić information content (AvgIpc) is 2.75. The number of piperidine rings is 1. The number of aromatic nitrogens is 1. The molecular weight excluding hydrogens is 404 g/mol. The first kappa shape index (κ1) is 23.3. The first-order chi connectivity index (χ1) is 14.9. The van der Waals surface area contributed by atoms with E-state index in [1.165, 1.54) is 43.3 Å². The molecule has 1 N–H and O–H groups in total. The lowest BCUT2D eigenvalue weighted by atomic mass is 9.99. The Labute approximate surface area is 190 Å². The second kappa shape index (κ2) is 10.8. The molecule has 1 amide bonds. The van der Waals surface area contributed by atoms with E-state index in [4.69, 9.17) is 0 Å². The molecule has 6 heteroatoms. The van der Waals surface area contributed by atoms with Gasteiger partial charge in [-0.05, 0) is 68.3 Å². The first-order valence-electron chi connectivity index (χ1n) is 10.9. The van der Waals surface area contributed by atoms with E-state index in [0.717, 1.165) is 34.8 Å². The van der Waals surface area contributed by atoms with Crippen molar-refractivity contribution in [3.8, 4) is 6.07 Å². The highest BCUT2D eigenvalue weighted by Gasteiger charge is 2.16. The summed E-state index contributed by atoms with van der Waals surface area (Å²) >= 11 is 1.32. The normalized spacial score (nSPS) is 16.7. The lowest BCUT2D eigenvalue weighted by Gasteiger charge is -2.30. The summed E-state index contributed by atoms with van der Waals surface area (Å²) in [6.45, 7) is 12.0. The highest BCUT2D eigenvalue weighted by atomic mass is 32.2. The van der Waals surface area contributed by atoms with Crippen LogP contribution in [0.5, 0.6) is 0 Å². The molecular formula is C25H32N4OS. The average molecular weight is 437 g/mol. The highest BCUT2D eigenvalue weighted by molar-refractivity contribution is 8.00. The molecule has 0 radical (unpaired) electrons. The summed E-state index contributed by atoms with van der Waals surface area (Å²) in [5.74, 6) is 0.973. The van der Waals surface area contributed by atoms with Crippen LogP contribution >= 0.6 is 11.8 Å². The van der Waals surface area contributed by atoms with Crippen LogP contribution in [0.25, 0.3) is 0 Å². The van der Waals surface area contributed by atoms with Crippen LogP contribution < -0.4 is 5.32 Å². The molecule has 1 atom stereocenters. The maximum atomic E-state index is 12.3. The number of hydrogen-bond acceptors (Lipinski definition) is 5. The number of benzene rings is 1. The predicted molar refractivity (Wildman–Crippen MR) is 126 cm³/mol. The largest absolute Gasteiger partial charge is 0.351 e. The fraction of sp³-hybridized carbons (Fsp3) is 0.480. The van der Waals surface area contributed by atoms with Crippen LogP contribution in [0, 0.1) is 38.0 Å². The van der Waals surface area contributed by atoms with Crippen LogP contribution in [-0.2, 0) is 17.9 Å². The number of pyridine rings is 1. The van der Waals surface area contributed by atoms with Crippen LogP contribution in [-0.4, -0.2) is 34.6 Å². The summed E-state index contributed by atoms with van der Waals surface area (Å²) in [5, 5.41) is 13.1. The van der Waals surface area contributed by atoms with Gasteiger partial charge in [0, 0.05) is 25.3 Å². The Balaban J connectivity index is 1.48. The van der Waals surface area contributed by atoms with Crippen LogP contribution in [0.3, 0.4) is 0 Å². The quantitative estimate of drug-likeness (QED) is 0.646. The van der Waals surface area contributed by atoms with E-state index >= 15 is 0 Å². The van der Waals surface area contributed by atoms with Crippen molar-refractivity contribution in [1.82, 2.24) is 15.2 Å². The van der Waals surface area contributed by atoms with Crippen molar-refractivity contribution in [3.05, 3.63) is 57.8 Å². The van der Waals surface area contributed by atoms with Crippen LogP contribution in [0.4, 0.5) is 0 Å². The number of thioether (sulfide) groups is 1. The van der Waals surface area contributed by atoms with Gasteiger partial charge in [0.2, 0.25) is 5.91 Å². The number of hydrogen-bond donors (Lipinski definition) is 1. The third-order valence-electron chi connectivity index (χ3n) is 6.08. The Morgan fingerprint density at radius 3 is 2.61 bits per heavy atom. The van der Waals surface area contributed by atoms with Crippen molar-refractivity contribution in [2.45, 2.75) is 58.7 Å². The number of rotatable bonds is 7. The lowest BCUT2D eigenvalue weighted by molar-refractivity contribution is -0.118. The summed E-state index contributed by atoms with van der Waals surface area (Å²) in [6, 6.07) is 10.7. The van der Waals surface area contributed by atoms with E-state index in [1.54, 1.807) is 0 Å². The monoisotopic (exact) mass is 436 g/mol. The van der Waals surface area contributed by atoms with Crippen LogP contribution in [0.15, 0.2) is 29.3 Å². The molecule has 31 heavy (non-hydrogen) atoms. The summed E-state index contributed by atoms with van der Waals surface area (Å²) < 4.78 is 0. The van der Waals surface area contributed by atoms with Gasteiger partial charge in [0.05, 0.1) is 11.3 Å². The van der Waals surface area contributed by atoms with Crippen molar-refractivity contribution in [2.24, 2.45) is 5.92 Å². The van der Waals surface area contributed by atoms with Gasteiger partial charge in [-0.15, -0.1) is 0 Å². The Bertz CT molecular complexity index is 965. The maximum Gasteiger partial charge on any atom is 0.230 e. The van der Waals surface area contributed by atoms with Gasteiger partial charge >= 0.3 is 0 Å². The number of nitriles is 1. The van der Waals surface area contributed by atoms with Gasteiger partial charge in [-0.25, -0.2) is 4.98 Å². The molecule has 1 aromatic heterocycles. The number of nitrogens with zero attached hydrogens (tertiary/aromatic N) is 3. The number of carbonyl (C=O) groups is 1. The molecule has 1 unspecified atom stereocenters. The topological polar surface area (TPSA) is 69.0 Å². The SMILES string of the molecule is Cc1nc(SCC(=O)NCc2ccc(CN3CCCC(C)C3)cc2)c(C#N)c(C)c1C. The zero-order chi connectivity index (χ0) is 22.4. The third-order valence-corrected chi connectivity index (χ3v) is 7.05. The van der Waals surface area contributed by atoms with E-state index in [2.05, 4.69) is 52.5 Å². The zero-order valence-corrected chi connectivity index (χ0v) is 19.8. The molecule has 5 nitrogen and oxygen atoms in total. The van der Waals surface area contributed by atoms with Crippen molar-refractivity contribution >= 4 is 17.7 Å². The van der Waals surface area contributed by atoms with E-state index in [0.29, 0.717) is 17.1 Å². The lowest BCUT2D eigenvalue weighted by Crippen LogP contribution is -2.33. The van der Waals surface area contributed by atoms with Crippen molar-refractivity contribution in [3.63, 3.8) is 0 Å². The molecule has 0 bridgehead atoms. The van der Waals surface area contributed by atoms with E-state index in [9.17, 15) is 10.1 Å². The number of nitrogens with one attached hydrogen (secondary N) is 1. The van der Waals surface area contributed by atoms with Gasteiger partial charge < -0.3 is 5.32 Å². The van der Waals surface area contributed by atoms with Crippen LogP contribution in [0.2, 0.25) is 0 Å². The van der Waals surface area contributed by atoms with Crippen molar-refractivity contribution in [2.75, 3.05) is 18.8 Å². The van der Waals surface area contributed by atoms with Gasteiger partial charge in [0.1, 0.15) is 11.1 Å². The van der Waals surface area contributed by atoms with Gasteiger partial charge in [0.25, 0.3) is 0 Å². The van der Waals surface area contributed by atoms with Crippen molar-refractivity contribution in [1.29, 1.82) is 5.26 Å². The predicted octanol–water partition coefficient (Wildman–Crippen LogP) is 4.52. The molecule has 164 valence electrons. The van der Waals surface area contributed by atoms with Crippen LogP contribution in [0.1, 0.15) is 53.3 Å². The Morgan fingerprint density at radius 1 is 1.23 bits per heavy atom. The summed E-state index contributed by atoms with van der Waals surface area (Å²) in [7, 11) is 0. The molecule has 0 aliphatic carbocycles. The molecule has 2 aromatic rings. The van der Waals surface area contributed by atoms with Crippen molar-refractivity contribution < 1.29 is 4.79 Å². The van der Waals surface area contributed by atoms with Gasteiger partial charge in [0.15, 0.2) is 0 Å². The first-order valence-corrected chi connectivity index (χ1v) is 11.9. The molecule has 0 saturated carbocycles. The number of amides is 1. The second-order valence-electron chi connectivity index (χ2n) is 8.60.